The molecule has 1 heterocycles. The van der Waals surface area contributed by atoms with Gasteiger partial charge in [0.05, 0.1) is 5.60 Å². The molecule has 0 saturated carbocycles. The molecule has 2 aromatic rings. The topological polar surface area (TPSA) is 33.1 Å². The summed E-state index contributed by atoms with van der Waals surface area (Å²) in [5, 5.41) is 10.4. The molecule has 0 aliphatic carbocycles. The summed E-state index contributed by atoms with van der Waals surface area (Å²) in [6, 6.07) is 7.26. The molecule has 0 spiro atoms. The van der Waals surface area contributed by atoms with Gasteiger partial charge in [-0.1, -0.05) is 12.1 Å². The van der Waals surface area contributed by atoms with Crippen molar-refractivity contribution in [3.63, 3.8) is 0 Å². The van der Waals surface area contributed by atoms with Crippen molar-refractivity contribution in [1.29, 1.82) is 0 Å². The van der Waals surface area contributed by atoms with Gasteiger partial charge in [-0.15, -0.1) is 0 Å². The maximum Gasteiger partial charge on any atom is 0.164 e. The fourth-order valence-corrected chi connectivity index (χ4v) is 2.11. The molecule has 1 unspecified atom stereocenters. The minimum Gasteiger partial charge on any atom is -0.385 e. The molecular formula is C14H12BrF2NO. The zero-order chi connectivity index (χ0) is 14.0. The third-order valence-electron chi connectivity index (χ3n) is 2.85. The van der Waals surface area contributed by atoms with Crippen LogP contribution in [0.15, 0.2) is 41.0 Å². The molecule has 0 fully saturated rings. The summed E-state index contributed by atoms with van der Waals surface area (Å²) in [5.41, 5.74) is -0.999. The molecule has 0 saturated heterocycles. The summed E-state index contributed by atoms with van der Waals surface area (Å²) < 4.78 is 27.7. The van der Waals surface area contributed by atoms with Gasteiger partial charge in [-0.2, -0.15) is 0 Å². The highest BCUT2D eigenvalue weighted by Crippen LogP contribution is 2.28. The largest absolute Gasteiger partial charge is 0.385 e. The second kappa shape index (κ2) is 5.35. The van der Waals surface area contributed by atoms with Crippen LogP contribution in [-0.2, 0) is 12.0 Å². The van der Waals surface area contributed by atoms with Gasteiger partial charge in [-0.3, -0.25) is 4.98 Å². The monoisotopic (exact) mass is 327 g/mol. The van der Waals surface area contributed by atoms with E-state index in [0.29, 0.717) is 5.69 Å². The Morgan fingerprint density at radius 2 is 2.00 bits per heavy atom. The van der Waals surface area contributed by atoms with Gasteiger partial charge in [0.15, 0.2) is 11.6 Å². The zero-order valence-electron chi connectivity index (χ0n) is 10.2. The number of pyridine rings is 1. The maximum absolute atomic E-state index is 13.7. The first-order valence-electron chi connectivity index (χ1n) is 5.67. The summed E-state index contributed by atoms with van der Waals surface area (Å²) in [5.74, 6) is -1.99. The second-order valence-corrected chi connectivity index (χ2v) is 5.44. The lowest BCUT2D eigenvalue weighted by atomic mass is 9.90. The number of aromatic nitrogens is 1. The average molecular weight is 328 g/mol. The number of aliphatic hydroxyl groups is 1. The fourth-order valence-electron chi connectivity index (χ4n) is 1.88. The van der Waals surface area contributed by atoms with Crippen LogP contribution in [0.1, 0.15) is 18.2 Å². The van der Waals surface area contributed by atoms with E-state index in [9.17, 15) is 13.9 Å². The molecule has 0 radical (unpaired) electrons. The molecule has 100 valence electrons. The second-order valence-electron chi connectivity index (χ2n) is 4.52. The van der Waals surface area contributed by atoms with E-state index in [2.05, 4.69) is 20.9 Å². The Bertz CT molecular complexity index is 584. The molecule has 2 rings (SSSR count). The summed E-state index contributed by atoms with van der Waals surface area (Å²) in [6.07, 6.45) is 1.69. The van der Waals surface area contributed by atoms with Gasteiger partial charge < -0.3 is 5.11 Å². The molecule has 0 bridgehead atoms. The Morgan fingerprint density at radius 1 is 1.26 bits per heavy atom. The smallest absolute Gasteiger partial charge is 0.164 e. The highest BCUT2D eigenvalue weighted by molar-refractivity contribution is 9.10. The van der Waals surface area contributed by atoms with Crippen LogP contribution in [0, 0.1) is 11.6 Å². The van der Waals surface area contributed by atoms with Gasteiger partial charge in [0.2, 0.25) is 0 Å². The SMILES string of the molecule is CC(O)(Cc1ccc(Br)cn1)c1cccc(F)c1F. The first kappa shape index (κ1) is 14.1. The van der Waals surface area contributed by atoms with Crippen LogP contribution in [0.5, 0.6) is 0 Å². The van der Waals surface area contributed by atoms with E-state index in [-0.39, 0.29) is 12.0 Å². The van der Waals surface area contributed by atoms with Crippen LogP contribution in [0.2, 0.25) is 0 Å². The minimum atomic E-state index is -1.52. The predicted molar refractivity (Wildman–Crippen MR) is 71.6 cm³/mol. The lowest BCUT2D eigenvalue weighted by Gasteiger charge is -2.24. The third kappa shape index (κ3) is 3.16. The van der Waals surface area contributed by atoms with E-state index in [1.165, 1.54) is 19.1 Å². The van der Waals surface area contributed by atoms with Gasteiger partial charge in [0.25, 0.3) is 0 Å². The van der Waals surface area contributed by atoms with Crippen molar-refractivity contribution >= 4 is 15.9 Å². The van der Waals surface area contributed by atoms with Crippen molar-refractivity contribution in [1.82, 2.24) is 4.98 Å². The Labute approximate surface area is 118 Å². The van der Waals surface area contributed by atoms with Crippen LogP contribution < -0.4 is 0 Å². The minimum absolute atomic E-state index is 0.0720. The molecule has 0 aliphatic heterocycles. The summed E-state index contributed by atoms with van der Waals surface area (Å²) in [7, 11) is 0. The van der Waals surface area contributed by atoms with Crippen LogP contribution >= 0.6 is 15.9 Å². The Kier molecular flexibility index (Phi) is 3.96. The van der Waals surface area contributed by atoms with E-state index in [1.54, 1.807) is 18.3 Å². The van der Waals surface area contributed by atoms with Crippen molar-refractivity contribution in [3.05, 3.63) is 63.9 Å². The normalized spacial score (nSPS) is 14.2. The van der Waals surface area contributed by atoms with Gasteiger partial charge in [0, 0.05) is 28.3 Å². The molecule has 19 heavy (non-hydrogen) atoms. The van der Waals surface area contributed by atoms with Crippen LogP contribution in [0.4, 0.5) is 8.78 Å². The lowest BCUT2D eigenvalue weighted by Crippen LogP contribution is -2.26. The number of rotatable bonds is 3. The molecule has 0 aliphatic rings. The quantitative estimate of drug-likeness (QED) is 0.934. The van der Waals surface area contributed by atoms with Crippen molar-refractivity contribution < 1.29 is 13.9 Å². The molecule has 1 atom stereocenters. The standard InChI is InChI=1S/C14H12BrF2NO/c1-14(19,7-10-6-5-9(15)8-18-10)11-3-2-4-12(16)13(11)17/h2-6,8,19H,7H2,1H3. The van der Waals surface area contributed by atoms with Crippen molar-refractivity contribution in [3.8, 4) is 0 Å². The van der Waals surface area contributed by atoms with Gasteiger partial charge in [0.1, 0.15) is 0 Å². The first-order chi connectivity index (χ1) is 8.90. The molecular weight excluding hydrogens is 316 g/mol. The summed E-state index contributed by atoms with van der Waals surface area (Å²) in [6.45, 7) is 1.44. The number of nitrogens with zero attached hydrogens (tertiary/aromatic N) is 1. The van der Waals surface area contributed by atoms with E-state index in [1.807, 2.05) is 0 Å². The fraction of sp³-hybridized carbons (Fsp3) is 0.214. The summed E-state index contributed by atoms with van der Waals surface area (Å²) in [4.78, 5) is 4.12. The number of halogens is 3. The van der Waals surface area contributed by atoms with E-state index in [4.69, 9.17) is 0 Å². The van der Waals surface area contributed by atoms with Crippen LogP contribution in [0.25, 0.3) is 0 Å². The Morgan fingerprint density at radius 3 is 2.63 bits per heavy atom. The van der Waals surface area contributed by atoms with Gasteiger partial charge in [-0.05, 0) is 41.1 Å². The highest BCUT2D eigenvalue weighted by Gasteiger charge is 2.28. The molecule has 1 aromatic carbocycles. The average Bonchev–Trinajstić information content (AvgIpc) is 2.35. The van der Waals surface area contributed by atoms with Crippen molar-refractivity contribution in [2.45, 2.75) is 18.9 Å². The van der Waals surface area contributed by atoms with Crippen LogP contribution in [0.3, 0.4) is 0 Å². The molecule has 0 amide bonds. The van der Waals surface area contributed by atoms with Crippen LogP contribution in [-0.4, -0.2) is 10.1 Å². The highest BCUT2D eigenvalue weighted by atomic mass is 79.9. The Hall–Kier alpha value is -1.33. The van der Waals surface area contributed by atoms with Gasteiger partial charge >= 0.3 is 0 Å². The first-order valence-corrected chi connectivity index (χ1v) is 6.47. The van der Waals surface area contributed by atoms with Crippen molar-refractivity contribution in [2.75, 3.05) is 0 Å². The summed E-state index contributed by atoms with van der Waals surface area (Å²) >= 11 is 3.26. The zero-order valence-corrected chi connectivity index (χ0v) is 11.8. The maximum atomic E-state index is 13.7. The van der Waals surface area contributed by atoms with Crippen molar-refractivity contribution in [2.24, 2.45) is 0 Å². The van der Waals surface area contributed by atoms with E-state index >= 15 is 0 Å². The molecule has 1 N–H and O–H groups in total. The molecule has 5 heteroatoms. The third-order valence-corrected chi connectivity index (χ3v) is 3.31. The van der Waals surface area contributed by atoms with Gasteiger partial charge in [-0.25, -0.2) is 8.78 Å². The number of benzene rings is 1. The number of hydrogen-bond donors (Lipinski definition) is 1. The molecule has 2 nitrogen and oxygen atoms in total. The van der Waals surface area contributed by atoms with E-state index < -0.39 is 17.2 Å². The Balaban J connectivity index is 2.31. The molecule has 1 aromatic heterocycles. The number of hydrogen-bond acceptors (Lipinski definition) is 2. The van der Waals surface area contributed by atoms with E-state index in [0.717, 1.165) is 10.5 Å². The predicted octanol–water partition coefficient (Wildman–Crippen LogP) is 3.57. The lowest BCUT2D eigenvalue weighted by molar-refractivity contribution is 0.0520.